The van der Waals surface area contributed by atoms with Gasteiger partial charge in [0.15, 0.2) is 0 Å². The number of benzene rings is 1. The molecule has 0 unspecified atom stereocenters. The van der Waals surface area contributed by atoms with Crippen molar-refractivity contribution in [1.29, 1.82) is 0 Å². The standard InChI is InChI=1S/C14H21ClFNO/c1-2-17-9-5-3-4-6-10-18-14-11-12(16)7-8-13(14)15/h7-8,11,17H,2-6,9-10H2,1H3. The molecule has 0 saturated carbocycles. The van der Waals surface area contributed by atoms with E-state index in [0.717, 1.165) is 25.9 Å². The van der Waals surface area contributed by atoms with Gasteiger partial charge < -0.3 is 10.1 Å². The third-order valence-electron chi connectivity index (χ3n) is 2.65. The molecule has 1 aromatic rings. The summed E-state index contributed by atoms with van der Waals surface area (Å²) in [7, 11) is 0. The molecule has 102 valence electrons. The third-order valence-corrected chi connectivity index (χ3v) is 2.96. The molecule has 0 fully saturated rings. The van der Waals surface area contributed by atoms with Crippen LogP contribution in [0.25, 0.3) is 0 Å². The molecule has 1 N–H and O–H groups in total. The van der Waals surface area contributed by atoms with Crippen LogP contribution in [0.4, 0.5) is 4.39 Å². The smallest absolute Gasteiger partial charge is 0.140 e. The first-order chi connectivity index (χ1) is 8.74. The van der Waals surface area contributed by atoms with Crippen LogP contribution in [0.2, 0.25) is 5.02 Å². The molecule has 0 radical (unpaired) electrons. The summed E-state index contributed by atoms with van der Waals surface area (Å²) in [6.45, 7) is 4.80. The lowest BCUT2D eigenvalue weighted by atomic mass is 10.2. The van der Waals surface area contributed by atoms with Crippen LogP contribution < -0.4 is 10.1 Å². The van der Waals surface area contributed by atoms with Crippen molar-refractivity contribution in [2.75, 3.05) is 19.7 Å². The minimum absolute atomic E-state index is 0.319. The summed E-state index contributed by atoms with van der Waals surface area (Å²) in [5, 5.41) is 3.75. The van der Waals surface area contributed by atoms with Gasteiger partial charge in [-0.05, 0) is 38.1 Å². The highest BCUT2D eigenvalue weighted by Gasteiger charge is 2.02. The molecule has 0 saturated heterocycles. The van der Waals surface area contributed by atoms with E-state index in [9.17, 15) is 4.39 Å². The molecular formula is C14H21ClFNO. The van der Waals surface area contributed by atoms with Crippen molar-refractivity contribution < 1.29 is 9.13 Å². The average molecular weight is 274 g/mol. The Bertz CT molecular complexity index is 347. The van der Waals surface area contributed by atoms with Gasteiger partial charge in [0.1, 0.15) is 11.6 Å². The summed E-state index contributed by atoms with van der Waals surface area (Å²) in [4.78, 5) is 0. The Morgan fingerprint density at radius 3 is 2.78 bits per heavy atom. The van der Waals surface area contributed by atoms with Crippen molar-refractivity contribution in [1.82, 2.24) is 5.32 Å². The molecule has 0 aliphatic heterocycles. The zero-order valence-corrected chi connectivity index (χ0v) is 11.6. The predicted octanol–water partition coefficient (Wildman–Crippen LogP) is 4.03. The zero-order chi connectivity index (χ0) is 13.2. The van der Waals surface area contributed by atoms with Crippen LogP contribution in [0.15, 0.2) is 18.2 Å². The molecule has 0 amide bonds. The summed E-state index contributed by atoms with van der Waals surface area (Å²) < 4.78 is 18.4. The minimum atomic E-state index is -0.319. The van der Waals surface area contributed by atoms with Crippen LogP contribution in [0.5, 0.6) is 5.75 Å². The first-order valence-corrected chi connectivity index (χ1v) is 6.90. The highest BCUT2D eigenvalue weighted by molar-refractivity contribution is 6.32. The summed E-state index contributed by atoms with van der Waals surface area (Å²) in [6.07, 6.45) is 4.47. The Balaban J connectivity index is 2.09. The number of hydrogen-bond donors (Lipinski definition) is 1. The van der Waals surface area contributed by atoms with Gasteiger partial charge in [0.25, 0.3) is 0 Å². The Kier molecular flexibility index (Phi) is 7.78. The number of hydrogen-bond acceptors (Lipinski definition) is 2. The topological polar surface area (TPSA) is 21.3 Å². The Hall–Kier alpha value is -0.800. The van der Waals surface area contributed by atoms with Gasteiger partial charge in [-0.3, -0.25) is 0 Å². The van der Waals surface area contributed by atoms with E-state index in [4.69, 9.17) is 16.3 Å². The Morgan fingerprint density at radius 1 is 1.22 bits per heavy atom. The highest BCUT2D eigenvalue weighted by Crippen LogP contribution is 2.25. The molecule has 0 spiro atoms. The fourth-order valence-electron chi connectivity index (χ4n) is 1.65. The molecule has 1 rings (SSSR count). The summed E-state index contributed by atoms with van der Waals surface area (Å²) in [6, 6.07) is 4.17. The molecule has 0 aliphatic rings. The van der Waals surface area contributed by atoms with Crippen LogP contribution >= 0.6 is 11.6 Å². The molecule has 0 aliphatic carbocycles. The van der Waals surface area contributed by atoms with Gasteiger partial charge in [0.2, 0.25) is 0 Å². The second-order valence-corrected chi connectivity index (χ2v) is 4.60. The maximum atomic E-state index is 12.9. The first kappa shape index (κ1) is 15.3. The van der Waals surface area contributed by atoms with Gasteiger partial charge in [-0.15, -0.1) is 0 Å². The molecule has 0 bridgehead atoms. The predicted molar refractivity (Wildman–Crippen MR) is 73.9 cm³/mol. The number of unbranched alkanes of at least 4 members (excludes halogenated alkanes) is 3. The Labute approximate surface area is 113 Å². The lowest BCUT2D eigenvalue weighted by Crippen LogP contribution is -2.13. The Morgan fingerprint density at radius 2 is 2.00 bits per heavy atom. The van der Waals surface area contributed by atoms with E-state index in [1.165, 1.54) is 31.0 Å². The lowest BCUT2D eigenvalue weighted by molar-refractivity contribution is 0.303. The quantitative estimate of drug-likeness (QED) is 0.686. The van der Waals surface area contributed by atoms with E-state index in [0.29, 0.717) is 17.4 Å². The molecule has 1 aromatic carbocycles. The first-order valence-electron chi connectivity index (χ1n) is 6.52. The van der Waals surface area contributed by atoms with E-state index in [2.05, 4.69) is 12.2 Å². The monoisotopic (exact) mass is 273 g/mol. The fraction of sp³-hybridized carbons (Fsp3) is 0.571. The van der Waals surface area contributed by atoms with Crippen molar-refractivity contribution in [3.05, 3.63) is 29.0 Å². The molecule has 2 nitrogen and oxygen atoms in total. The third kappa shape index (κ3) is 6.22. The molecule has 18 heavy (non-hydrogen) atoms. The van der Waals surface area contributed by atoms with Crippen molar-refractivity contribution in [2.24, 2.45) is 0 Å². The maximum Gasteiger partial charge on any atom is 0.140 e. The zero-order valence-electron chi connectivity index (χ0n) is 10.8. The van der Waals surface area contributed by atoms with Gasteiger partial charge in [-0.2, -0.15) is 0 Å². The molecule has 4 heteroatoms. The second kappa shape index (κ2) is 9.17. The van der Waals surface area contributed by atoms with E-state index >= 15 is 0 Å². The second-order valence-electron chi connectivity index (χ2n) is 4.19. The summed E-state index contributed by atoms with van der Waals surface area (Å²) in [5.41, 5.74) is 0. The maximum absolute atomic E-state index is 12.9. The molecule has 0 aromatic heterocycles. The van der Waals surface area contributed by atoms with Crippen LogP contribution in [-0.4, -0.2) is 19.7 Å². The van der Waals surface area contributed by atoms with Gasteiger partial charge in [0, 0.05) is 6.07 Å². The van der Waals surface area contributed by atoms with Crippen molar-refractivity contribution in [3.8, 4) is 5.75 Å². The van der Waals surface area contributed by atoms with Gasteiger partial charge in [-0.1, -0.05) is 31.4 Å². The number of nitrogens with one attached hydrogen (secondary N) is 1. The van der Waals surface area contributed by atoms with Crippen LogP contribution in [0.1, 0.15) is 32.6 Å². The lowest BCUT2D eigenvalue weighted by Gasteiger charge is -2.08. The van der Waals surface area contributed by atoms with Gasteiger partial charge in [0.05, 0.1) is 11.6 Å². The summed E-state index contributed by atoms with van der Waals surface area (Å²) in [5.74, 6) is 0.115. The normalized spacial score (nSPS) is 10.6. The van der Waals surface area contributed by atoms with Crippen molar-refractivity contribution in [2.45, 2.75) is 32.6 Å². The number of halogens is 2. The van der Waals surface area contributed by atoms with E-state index in [1.807, 2.05) is 0 Å². The van der Waals surface area contributed by atoms with E-state index in [1.54, 1.807) is 0 Å². The minimum Gasteiger partial charge on any atom is -0.492 e. The number of rotatable bonds is 9. The molecule has 0 atom stereocenters. The largest absolute Gasteiger partial charge is 0.492 e. The SMILES string of the molecule is CCNCCCCCCOc1cc(F)ccc1Cl. The molecular weight excluding hydrogens is 253 g/mol. The number of ether oxygens (including phenoxy) is 1. The van der Waals surface area contributed by atoms with E-state index in [-0.39, 0.29) is 5.82 Å². The van der Waals surface area contributed by atoms with Crippen molar-refractivity contribution >= 4 is 11.6 Å². The van der Waals surface area contributed by atoms with Gasteiger partial charge >= 0.3 is 0 Å². The van der Waals surface area contributed by atoms with Crippen molar-refractivity contribution in [3.63, 3.8) is 0 Å². The van der Waals surface area contributed by atoms with Gasteiger partial charge in [-0.25, -0.2) is 4.39 Å². The van der Waals surface area contributed by atoms with Crippen LogP contribution in [0.3, 0.4) is 0 Å². The fourth-order valence-corrected chi connectivity index (χ4v) is 1.82. The summed E-state index contributed by atoms with van der Waals surface area (Å²) >= 11 is 5.89. The highest BCUT2D eigenvalue weighted by atomic mass is 35.5. The van der Waals surface area contributed by atoms with Crippen LogP contribution in [-0.2, 0) is 0 Å². The van der Waals surface area contributed by atoms with Crippen LogP contribution in [0, 0.1) is 5.82 Å². The van der Waals surface area contributed by atoms with E-state index < -0.39 is 0 Å². The molecule has 0 heterocycles. The average Bonchev–Trinajstić information content (AvgIpc) is 2.36.